The fraction of sp³-hybridized carbons (Fsp3) is 0.786. The van der Waals surface area contributed by atoms with Crippen molar-refractivity contribution in [1.29, 1.82) is 0 Å². The van der Waals surface area contributed by atoms with Gasteiger partial charge in [0, 0.05) is 19.3 Å². The molecule has 0 amide bonds. The Morgan fingerprint density at radius 2 is 2.29 bits per heavy atom. The summed E-state index contributed by atoms with van der Waals surface area (Å²) >= 11 is 0. The number of nitrogens with two attached hydrogens (primary N) is 1. The molecule has 1 aliphatic rings. The highest BCUT2D eigenvalue weighted by Crippen LogP contribution is 2.30. The van der Waals surface area contributed by atoms with Gasteiger partial charge in [-0.2, -0.15) is 5.10 Å². The molecule has 0 bridgehead atoms. The number of sulfonamides is 1. The van der Waals surface area contributed by atoms with Gasteiger partial charge in [-0.05, 0) is 24.7 Å². The first kappa shape index (κ1) is 16.5. The Morgan fingerprint density at radius 1 is 1.48 bits per heavy atom. The standard InChI is InChI=1S/C14H26N4O2S/c1-12-3-2-4-13(9-12)5-7-17-21(19,20)14-10-16-18(11-14)8-6-15/h10-13,17H,2-9,15H2,1H3. The molecule has 0 aromatic carbocycles. The lowest BCUT2D eigenvalue weighted by molar-refractivity contribution is 0.271. The summed E-state index contributed by atoms with van der Waals surface area (Å²) in [6, 6.07) is 0. The summed E-state index contributed by atoms with van der Waals surface area (Å²) in [7, 11) is -3.45. The predicted octanol–water partition coefficient (Wildman–Crippen LogP) is 1.34. The van der Waals surface area contributed by atoms with Gasteiger partial charge in [-0.1, -0.05) is 26.2 Å². The summed E-state index contributed by atoms with van der Waals surface area (Å²) in [6.45, 7) is 3.74. The summed E-state index contributed by atoms with van der Waals surface area (Å²) in [5, 5.41) is 4.00. The number of hydrogen-bond donors (Lipinski definition) is 2. The van der Waals surface area contributed by atoms with Crippen molar-refractivity contribution < 1.29 is 8.42 Å². The van der Waals surface area contributed by atoms with Gasteiger partial charge in [0.2, 0.25) is 10.0 Å². The Morgan fingerprint density at radius 3 is 3.00 bits per heavy atom. The van der Waals surface area contributed by atoms with Crippen molar-refractivity contribution in [2.45, 2.75) is 50.5 Å². The zero-order chi connectivity index (χ0) is 15.3. The van der Waals surface area contributed by atoms with Crippen LogP contribution in [0, 0.1) is 11.8 Å². The van der Waals surface area contributed by atoms with E-state index >= 15 is 0 Å². The van der Waals surface area contributed by atoms with Crippen LogP contribution in [0.2, 0.25) is 0 Å². The van der Waals surface area contributed by atoms with Gasteiger partial charge in [0.05, 0.1) is 12.7 Å². The van der Waals surface area contributed by atoms with E-state index < -0.39 is 10.0 Å². The van der Waals surface area contributed by atoms with Gasteiger partial charge in [0.15, 0.2) is 0 Å². The van der Waals surface area contributed by atoms with E-state index in [4.69, 9.17) is 5.73 Å². The third kappa shape index (κ3) is 4.79. The molecule has 21 heavy (non-hydrogen) atoms. The highest BCUT2D eigenvalue weighted by Gasteiger charge is 2.20. The van der Waals surface area contributed by atoms with Crippen LogP contribution in [0.3, 0.4) is 0 Å². The number of nitrogens with zero attached hydrogens (tertiary/aromatic N) is 2. The summed E-state index contributed by atoms with van der Waals surface area (Å²) in [5.41, 5.74) is 5.43. The van der Waals surface area contributed by atoms with Crippen LogP contribution in [0.5, 0.6) is 0 Å². The molecule has 1 aromatic rings. The molecule has 6 nitrogen and oxygen atoms in total. The quantitative estimate of drug-likeness (QED) is 0.794. The van der Waals surface area contributed by atoms with Gasteiger partial charge in [-0.15, -0.1) is 0 Å². The first-order valence-corrected chi connectivity index (χ1v) is 9.22. The third-order valence-electron chi connectivity index (χ3n) is 4.17. The second-order valence-corrected chi connectivity index (χ2v) is 7.82. The van der Waals surface area contributed by atoms with Crippen LogP contribution in [-0.2, 0) is 16.6 Å². The first-order valence-electron chi connectivity index (χ1n) is 7.73. The van der Waals surface area contributed by atoms with E-state index in [-0.39, 0.29) is 4.90 Å². The van der Waals surface area contributed by atoms with Crippen LogP contribution < -0.4 is 10.5 Å². The molecule has 120 valence electrons. The molecule has 1 saturated carbocycles. The molecule has 1 fully saturated rings. The van der Waals surface area contributed by atoms with Crippen LogP contribution in [0.1, 0.15) is 39.0 Å². The molecule has 2 rings (SSSR count). The fourth-order valence-corrected chi connectivity index (χ4v) is 4.04. The minimum Gasteiger partial charge on any atom is -0.329 e. The minimum atomic E-state index is -3.45. The molecular formula is C14H26N4O2S. The molecule has 1 heterocycles. The summed E-state index contributed by atoms with van der Waals surface area (Å²) in [5.74, 6) is 1.42. The van der Waals surface area contributed by atoms with Gasteiger partial charge in [0.25, 0.3) is 0 Å². The smallest absolute Gasteiger partial charge is 0.243 e. The van der Waals surface area contributed by atoms with Crippen LogP contribution in [0.25, 0.3) is 0 Å². The normalized spacial score (nSPS) is 23.3. The maximum absolute atomic E-state index is 12.2. The summed E-state index contributed by atoms with van der Waals surface area (Å²) in [6.07, 6.45) is 8.84. The molecule has 0 spiro atoms. The van der Waals surface area contributed by atoms with E-state index in [1.165, 1.54) is 38.1 Å². The van der Waals surface area contributed by atoms with Crippen LogP contribution in [0.4, 0.5) is 0 Å². The molecule has 1 aliphatic carbocycles. The lowest BCUT2D eigenvalue weighted by atomic mass is 9.81. The second kappa shape index (κ2) is 7.38. The van der Waals surface area contributed by atoms with Crippen molar-refractivity contribution in [3.63, 3.8) is 0 Å². The van der Waals surface area contributed by atoms with Crippen molar-refractivity contribution in [3.05, 3.63) is 12.4 Å². The second-order valence-electron chi connectivity index (χ2n) is 6.05. The van der Waals surface area contributed by atoms with E-state index in [9.17, 15) is 8.42 Å². The lowest BCUT2D eigenvalue weighted by Gasteiger charge is -2.26. The van der Waals surface area contributed by atoms with E-state index in [1.807, 2.05) is 0 Å². The number of aromatic nitrogens is 2. The Kier molecular flexibility index (Phi) is 5.78. The highest BCUT2D eigenvalue weighted by atomic mass is 32.2. The molecule has 3 N–H and O–H groups in total. The maximum Gasteiger partial charge on any atom is 0.243 e. The summed E-state index contributed by atoms with van der Waals surface area (Å²) in [4.78, 5) is 0.216. The van der Waals surface area contributed by atoms with Crippen LogP contribution >= 0.6 is 0 Å². The van der Waals surface area contributed by atoms with Gasteiger partial charge in [-0.3, -0.25) is 4.68 Å². The Hall–Kier alpha value is -0.920. The fourth-order valence-electron chi connectivity index (χ4n) is 3.04. The van der Waals surface area contributed by atoms with Crippen molar-refractivity contribution in [1.82, 2.24) is 14.5 Å². The van der Waals surface area contributed by atoms with Gasteiger partial charge >= 0.3 is 0 Å². The Balaban J connectivity index is 1.83. The van der Waals surface area contributed by atoms with Crippen molar-refractivity contribution >= 4 is 10.0 Å². The average molecular weight is 314 g/mol. The molecule has 7 heteroatoms. The topological polar surface area (TPSA) is 90.0 Å². The largest absolute Gasteiger partial charge is 0.329 e. The number of rotatable bonds is 7. The van der Waals surface area contributed by atoms with Gasteiger partial charge in [0.1, 0.15) is 4.90 Å². The average Bonchev–Trinajstić information content (AvgIpc) is 2.88. The zero-order valence-corrected chi connectivity index (χ0v) is 13.5. The van der Waals surface area contributed by atoms with E-state index in [0.29, 0.717) is 25.6 Å². The number of nitrogens with one attached hydrogen (secondary N) is 1. The van der Waals surface area contributed by atoms with Crippen molar-refractivity contribution in [2.24, 2.45) is 17.6 Å². The SMILES string of the molecule is CC1CCCC(CCNS(=O)(=O)c2cnn(CCN)c2)C1. The molecular weight excluding hydrogens is 288 g/mol. The van der Waals surface area contributed by atoms with E-state index in [2.05, 4.69) is 16.7 Å². The number of hydrogen-bond acceptors (Lipinski definition) is 4. The highest BCUT2D eigenvalue weighted by molar-refractivity contribution is 7.89. The molecule has 0 aliphatic heterocycles. The monoisotopic (exact) mass is 314 g/mol. The van der Waals surface area contributed by atoms with Crippen LogP contribution in [-0.4, -0.2) is 31.3 Å². The van der Waals surface area contributed by atoms with E-state index in [1.54, 1.807) is 4.68 Å². The molecule has 0 saturated heterocycles. The molecule has 0 radical (unpaired) electrons. The minimum absolute atomic E-state index is 0.216. The van der Waals surface area contributed by atoms with Gasteiger partial charge in [-0.25, -0.2) is 13.1 Å². The van der Waals surface area contributed by atoms with Crippen LogP contribution in [0.15, 0.2) is 17.3 Å². The molecule has 2 atom stereocenters. The zero-order valence-electron chi connectivity index (χ0n) is 12.7. The van der Waals surface area contributed by atoms with Gasteiger partial charge < -0.3 is 5.73 Å². The molecule has 1 aromatic heterocycles. The Labute approximate surface area is 127 Å². The Bertz CT molecular complexity index is 541. The third-order valence-corrected chi connectivity index (χ3v) is 5.58. The maximum atomic E-state index is 12.2. The summed E-state index contributed by atoms with van der Waals surface area (Å²) < 4.78 is 28.6. The van der Waals surface area contributed by atoms with E-state index in [0.717, 1.165) is 12.3 Å². The first-order chi connectivity index (χ1) is 10.0. The lowest BCUT2D eigenvalue weighted by Crippen LogP contribution is -2.27. The van der Waals surface area contributed by atoms with Crippen molar-refractivity contribution in [2.75, 3.05) is 13.1 Å². The molecule has 2 unspecified atom stereocenters. The predicted molar refractivity (Wildman–Crippen MR) is 82.2 cm³/mol. The van der Waals surface area contributed by atoms with Crippen molar-refractivity contribution in [3.8, 4) is 0 Å².